The van der Waals surface area contributed by atoms with Gasteiger partial charge in [0.05, 0.1) is 46.6 Å². The molecule has 194 valence electrons. The van der Waals surface area contributed by atoms with E-state index in [-0.39, 0.29) is 11.1 Å². The molecule has 0 fully saturated rings. The van der Waals surface area contributed by atoms with Crippen LogP contribution >= 0.6 is 33.9 Å². The van der Waals surface area contributed by atoms with Crippen molar-refractivity contribution < 1.29 is 23.7 Å². The highest BCUT2D eigenvalue weighted by atomic mass is 127. The van der Waals surface area contributed by atoms with Crippen LogP contribution in [0.1, 0.15) is 37.9 Å². The predicted molar refractivity (Wildman–Crippen MR) is 150 cm³/mol. The fourth-order valence-corrected chi connectivity index (χ4v) is 5.68. The first kappa shape index (κ1) is 26.9. The number of thiazole rings is 1. The van der Waals surface area contributed by atoms with Gasteiger partial charge in [0.25, 0.3) is 5.56 Å². The van der Waals surface area contributed by atoms with Crippen LogP contribution in [0, 0.1) is 3.57 Å². The average Bonchev–Trinajstić information content (AvgIpc) is 3.21. The number of hydrogen-bond donors (Lipinski definition) is 0. The van der Waals surface area contributed by atoms with E-state index in [0.29, 0.717) is 46.2 Å². The van der Waals surface area contributed by atoms with Crippen molar-refractivity contribution in [3.63, 3.8) is 0 Å². The summed E-state index contributed by atoms with van der Waals surface area (Å²) in [5, 5.41) is 0. The predicted octanol–water partition coefficient (Wildman–Crippen LogP) is 3.82. The standard InChI is InChI=1S/C27H27IN2O6S/c1-5-34-20-10-8-16(12-19(20)28)13-23-25(31)30-24(18(26(32)33-4)15-29-27(30)37-23)17-9-11-21(35-6-2)22(14-17)36-7-3/h8-15,24H,5-7H2,1-4H3/b23-13-/t24-/m0/s1. The molecule has 1 aromatic heterocycles. The Labute approximate surface area is 232 Å². The van der Waals surface area contributed by atoms with Gasteiger partial charge in [-0.05, 0) is 84.8 Å². The summed E-state index contributed by atoms with van der Waals surface area (Å²) in [4.78, 5) is 31.4. The van der Waals surface area contributed by atoms with Crippen molar-refractivity contribution in [3.8, 4) is 17.2 Å². The van der Waals surface area contributed by atoms with E-state index in [9.17, 15) is 9.59 Å². The summed E-state index contributed by atoms with van der Waals surface area (Å²) in [6, 6.07) is 10.4. The lowest BCUT2D eigenvalue weighted by molar-refractivity contribution is -0.136. The maximum absolute atomic E-state index is 13.7. The van der Waals surface area contributed by atoms with Crippen LogP contribution in [-0.4, -0.2) is 37.5 Å². The summed E-state index contributed by atoms with van der Waals surface area (Å²) in [6.45, 7) is 7.20. The van der Waals surface area contributed by atoms with E-state index in [2.05, 4.69) is 27.6 Å². The number of nitrogens with zero attached hydrogens (tertiary/aromatic N) is 2. The van der Waals surface area contributed by atoms with Gasteiger partial charge in [0.1, 0.15) is 5.75 Å². The number of aromatic nitrogens is 1. The largest absolute Gasteiger partial charge is 0.493 e. The van der Waals surface area contributed by atoms with Crippen molar-refractivity contribution in [1.29, 1.82) is 0 Å². The van der Waals surface area contributed by atoms with Crippen LogP contribution in [0.3, 0.4) is 0 Å². The lowest BCUT2D eigenvalue weighted by atomic mass is 9.97. The average molecular weight is 634 g/mol. The monoisotopic (exact) mass is 634 g/mol. The van der Waals surface area contributed by atoms with E-state index in [0.717, 1.165) is 14.9 Å². The van der Waals surface area contributed by atoms with E-state index in [4.69, 9.17) is 18.9 Å². The number of methoxy groups -OCH3 is 1. The van der Waals surface area contributed by atoms with Gasteiger partial charge in [0.2, 0.25) is 0 Å². The molecule has 1 atom stereocenters. The number of fused-ring (bicyclic) bond motifs is 1. The highest BCUT2D eigenvalue weighted by molar-refractivity contribution is 14.1. The summed E-state index contributed by atoms with van der Waals surface area (Å²) >= 11 is 3.48. The minimum absolute atomic E-state index is 0.251. The smallest absolute Gasteiger partial charge is 0.337 e. The van der Waals surface area contributed by atoms with Crippen LogP contribution in [0.5, 0.6) is 17.2 Å². The molecule has 0 radical (unpaired) electrons. The molecule has 0 bridgehead atoms. The second-order valence-corrected chi connectivity index (χ2v) is 10.0. The highest BCUT2D eigenvalue weighted by Crippen LogP contribution is 2.35. The minimum atomic E-state index is -0.735. The van der Waals surface area contributed by atoms with Gasteiger partial charge in [0.15, 0.2) is 16.3 Å². The third kappa shape index (κ3) is 5.59. The molecule has 0 N–H and O–H groups in total. The zero-order valence-electron chi connectivity index (χ0n) is 20.9. The number of carbonyl (C=O) groups excluding carboxylic acids is 1. The molecule has 1 aliphatic heterocycles. The molecule has 0 aliphatic carbocycles. The molecule has 0 unspecified atom stereocenters. The second kappa shape index (κ2) is 12.0. The third-order valence-electron chi connectivity index (χ3n) is 5.56. The highest BCUT2D eigenvalue weighted by Gasteiger charge is 2.31. The molecule has 2 aromatic carbocycles. The normalized spacial score (nSPS) is 14.9. The topological polar surface area (TPSA) is 88.3 Å². The number of rotatable bonds is 9. The molecule has 4 rings (SSSR count). The van der Waals surface area contributed by atoms with Gasteiger partial charge in [0, 0.05) is 6.20 Å². The summed E-state index contributed by atoms with van der Waals surface area (Å²) < 4.78 is 25.1. The lowest BCUT2D eigenvalue weighted by Gasteiger charge is -2.23. The fourth-order valence-electron chi connectivity index (χ4n) is 4.02. The quantitative estimate of drug-likeness (QED) is 0.263. The number of esters is 1. The Morgan fingerprint density at radius 2 is 1.70 bits per heavy atom. The Morgan fingerprint density at radius 1 is 1.03 bits per heavy atom. The SMILES string of the molecule is CCOc1ccc(/C=c2\sc3n(c2=O)[C@@H](c2ccc(OCC)c(OCC)c2)C(C(=O)OC)=CN=3)cc1I. The minimum Gasteiger partial charge on any atom is -0.493 e. The first-order valence-corrected chi connectivity index (χ1v) is 13.7. The van der Waals surface area contributed by atoms with Crippen LogP contribution < -0.4 is 29.1 Å². The molecule has 2 heterocycles. The number of halogens is 1. The summed E-state index contributed by atoms with van der Waals surface area (Å²) in [5.41, 5.74) is 1.55. The second-order valence-electron chi connectivity index (χ2n) is 7.87. The van der Waals surface area contributed by atoms with Gasteiger partial charge in [-0.1, -0.05) is 23.5 Å². The van der Waals surface area contributed by atoms with Crippen molar-refractivity contribution >= 4 is 46.0 Å². The summed E-state index contributed by atoms with van der Waals surface area (Å²) in [5.74, 6) is 1.37. The molecule has 0 amide bonds. The Morgan fingerprint density at radius 3 is 2.38 bits per heavy atom. The van der Waals surface area contributed by atoms with E-state index < -0.39 is 12.0 Å². The van der Waals surface area contributed by atoms with Gasteiger partial charge in [-0.3, -0.25) is 9.36 Å². The Bertz CT molecular complexity index is 1520. The lowest BCUT2D eigenvalue weighted by Crippen LogP contribution is -2.39. The third-order valence-corrected chi connectivity index (χ3v) is 7.40. The van der Waals surface area contributed by atoms with E-state index in [1.54, 1.807) is 12.1 Å². The van der Waals surface area contributed by atoms with E-state index in [1.807, 2.05) is 51.1 Å². The van der Waals surface area contributed by atoms with Crippen LogP contribution in [0.4, 0.5) is 0 Å². The van der Waals surface area contributed by atoms with Gasteiger partial charge >= 0.3 is 5.97 Å². The number of benzene rings is 2. The summed E-state index contributed by atoms with van der Waals surface area (Å²) in [6.07, 6.45) is 3.30. The van der Waals surface area contributed by atoms with Crippen molar-refractivity contribution in [3.05, 3.63) is 82.6 Å². The first-order valence-electron chi connectivity index (χ1n) is 11.8. The Hall–Kier alpha value is -3.12. The molecule has 8 nitrogen and oxygen atoms in total. The molecular weight excluding hydrogens is 607 g/mol. The van der Waals surface area contributed by atoms with Crippen LogP contribution in [0.25, 0.3) is 6.08 Å². The van der Waals surface area contributed by atoms with Crippen LogP contribution in [0.2, 0.25) is 0 Å². The van der Waals surface area contributed by atoms with Crippen molar-refractivity contribution in [1.82, 2.24) is 4.57 Å². The van der Waals surface area contributed by atoms with Gasteiger partial charge in [-0.25, -0.2) is 9.79 Å². The number of ether oxygens (including phenoxy) is 4. The number of hydrogen-bond acceptors (Lipinski definition) is 8. The van der Waals surface area contributed by atoms with E-state index >= 15 is 0 Å². The zero-order valence-corrected chi connectivity index (χ0v) is 23.9. The molecule has 1 aliphatic rings. The molecule has 0 saturated carbocycles. The van der Waals surface area contributed by atoms with E-state index in [1.165, 1.54) is 29.2 Å². The molecule has 37 heavy (non-hydrogen) atoms. The van der Waals surface area contributed by atoms with Crippen LogP contribution in [-0.2, 0) is 9.53 Å². The number of carbonyl (C=O) groups is 1. The molecule has 10 heteroatoms. The van der Waals surface area contributed by atoms with Gasteiger partial charge in [-0.2, -0.15) is 0 Å². The Balaban J connectivity index is 1.86. The fraction of sp³-hybridized carbons (Fsp3) is 0.296. The van der Waals surface area contributed by atoms with Crippen molar-refractivity contribution in [2.75, 3.05) is 26.9 Å². The van der Waals surface area contributed by atoms with Gasteiger partial charge < -0.3 is 18.9 Å². The molecular formula is C27H27IN2O6S. The van der Waals surface area contributed by atoms with Crippen molar-refractivity contribution in [2.24, 2.45) is 4.99 Å². The molecule has 3 aromatic rings. The first-order chi connectivity index (χ1) is 17.9. The Kier molecular flexibility index (Phi) is 8.70. The molecule has 0 spiro atoms. The van der Waals surface area contributed by atoms with Crippen LogP contribution in [0.15, 0.2) is 58.0 Å². The van der Waals surface area contributed by atoms with Crippen molar-refractivity contribution in [2.45, 2.75) is 26.8 Å². The zero-order chi connectivity index (χ0) is 26.5. The van der Waals surface area contributed by atoms with Gasteiger partial charge in [-0.15, -0.1) is 0 Å². The molecule has 0 saturated heterocycles. The maximum Gasteiger partial charge on any atom is 0.337 e. The summed E-state index contributed by atoms with van der Waals surface area (Å²) in [7, 11) is 1.31. The maximum atomic E-state index is 13.7.